The van der Waals surface area contributed by atoms with Gasteiger partial charge in [-0.05, 0) is 18.2 Å². The molecule has 78 valence electrons. The molecule has 0 saturated heterocycles. The van der Waals surface area contributed by atoms with E-state index in [1.54, 1.807) is 11.0 Å². The third kappa shape index (κ3) is 1.70. The summed E-state index contributed by atoms with van der Waals surface area (Å²) in [6, 6.07) is 5.60. The molecule has 0 unspecified atom stereocenters. The fourth-order valence-electron chi connectivity index (χ4n) is 1.45. The smallest absolute Gasteiger partial charge is 0.191 e. The molecule has 0 radical (unpaired) electrons. The van der Waals surface area contributed by atoms with Gasteiger partial charge in [-0.3, -0.25) is 4.79 Å². The Morgan fingerprint density at radius 2 is 2.00 bits per heavy atom. The minimum absolute atomic E-state index is 0.174. The number of aromatic amines is 1. The first-order valence-corrected chi connectivity index (χ1v) is 4.58. The molecule has 4 heteroatoms. The van der Waals surface area contributed by atoms with Gasteiger partial charge in [0, 0.05) is 25.5 Å². The van der Waals surface area contributed by atoms with E-state index in [1.165, 1.54) is 18.2 Å². The van der Waals surface area contributed by atoms with Crippen LogP contribution in [0.15, 0.2) is 29.1 Å². The summed E-state index contributed by atoms with van der Waals surface area (Å²) in [6.07, 6.45) is 0. The molecular weight excluding hydrogens is 195 g/mol. The van der Waals surface area contributed by atoms with Crippen LogP contribution in [0.25, 0.3) is 10.9 Å². The van der Waals surface area contributed by atoms with E-state index in [2.05, 4.69) is 4.98 Å². The molecule has 2 rings (SSSR count). The van der Waals surface area contributed by atoms with Crippen LogP contribution in [0.5, 0.6) is 0 Å². The lowest BCUT2D eigenvalue weighted by molar-refractivity contribution is 0.629. The van der Waals surface area contributed by atoms with E-state index in [-0.39, 0.29) is 5.43 Å². The lowest BCUT2D eigenvalue weighted by Crippen LogP contribution is -2.14. The van der Waals surface area contributed by atoms with Gasteiger partial charge in [-0.25, -0.2) is 4.39 Å². The largest absolute Gasteiger partial charge is 0.364 e. The fraction of sp³-hybridized carbons (Fsp3) is 0.182. The van der Waals surface area contributed by atoms with Crippen LogP contribution in [0.4, 0.5) is 10.2 Å². The summed E-state index contributed by atoms with van der Waals surface area (Å²) < 4.78 is 12.9. The summed E-state index contributed by atoms with van der Waals surface area (Å²) in [7, 11) is 3.67. The van der Waals surface area contributed by atoms with Gasteiger partial charge in [-0.1, -0.05) is 0 Å². The van der Waals surface area contributed by atoms with Crippen LogP contribution in [-0.2, 0) is 0 Å². The number of nitrogens with zero attached hydrogens (tertiary/aromatic N) is 1. The molecule has 0 bridgehead atoms. The van der Waals surface area contributed by atoms with Gasteiger partial charge in [0.1, 0.15) is 11.6 Å². The molecule has 0 amide bonds. The van der Waals surface area contributed by atoms with Gasteiger partial charge in [0.2, 0.25) is 0 Å². The molecule has 0 fully saturated rings. The Morgan fingerprint density at radius 1 is 1.27 bits per heavy atom. The maximum absolute atomic E-state index is 12.9. The minimum atomic E-state index is -0.398. The lowest BCUT2D eigenvalue weighted by Gasteiger charge is -2.12. The maximum atomic E-state index is 12.9. The lowest BCUT2D eigenvalue weighted by atomic mass is 10.2. The molecule has 0 spiro atoms. The highest BCUT2D eigenvalue weighted by atomic mass is 19.1. The van der Waals surface area contributed by atoms with E-state index < -0.39 is 5.82 Å². The standard InChI is InChI=1S/C11H11FN2O/c1-14(2)11-6-10(15)8-5-7(12)3-4-9(8)13-11/h3-6H,1-2H3,(H,13,15). The zero-order chi connectivity index (χ0) is 11.0. The van der Waals surface area contributed by atoms with Crippen LogP contribution in [0.2, 0.25) is 0 Å². The molecule has 1 N–H and O–H groups in total. The number of hydrogen-bond donors (Lipinski definition) is 1. The number of aromatic nitrogens is 1. The van der Waals surface area contributed by atoms with Gasteiger partial charge >= 0.3 is 0 Å². The zero-order valence-corrected chi connectivity index (χ0v) is 8.54. The number of fused-ring (bicyclic) bond motifs is 1. The molecule has 0 aliphatic heterocycles. The summed E-state index contributed by atoms with van der Waals surface area (Å²) in [5.41, 5.74) is 0.472. The second kappa shape index (κ2) is 3.38. The molecule has 0 aliphatic carbocycles. The quantitative estimate of drug-likeness (QED) is 0.771. The number of pyridine rings is 1. The van der Waals surface area contributed by atoms with Gasteiger partial charge < -0.3 is 9.88 Å². The topological polar surface area (TPSA) is 36.1 Å². The fourth-order valence-corrected chi connectivity index (χ4v) is 1.45. The highest BCUT2D eigenvalue weighted by Crippen LogP contribution is 2.13. The summed E-state index contributed by atoms with van der Waals surface area (Å²) in [5.74, 6) is 0.310. The third-order valence-corrected chi connectivity index (χ3v) is 2.26. The van der Waals surface area contributed by atoms with Crippen molar-refractivity contribution in [2.24, 2.45) is 0 Å². The van der Waals surface area contributed by atoms with E-state index in [4.69, 9.17) is 0 Å². The molecule has 0 saturated carbocycles. The number of anilines is 1. The predicted molar refractivity (Wildman–Crippen MR) is 58.9 cm³/mol. The van der Waals surface area contributed by atoms with Gasteiger partial charge in [-0.15, -0.1) is 0 Å². The maximum Gasteiger partial charge on any atom is 0.191 e. The van der Waals surface area contributed by atoms with E-state index >= 15 is 0 Å². The molecule has 15 heavy (non-hydrogen) atoms. The SMILES string of the molecule is CN(C)c1cc(=O)c2cc(F)ccc2[nH]1. The van der Waals surface area contributed by atoms with Crippen molar-refractivity contribution < 1.29 is 4.39 Å². The zero-order valence-electron chi connectivity index (χ0n) is 8.54. The van der Waals surface area contributed by atoms with Crippen LogP contribution in [0, 0.1) is 5.82 Å². The number of rotatable bonds is 1. The van der Waals surface area contributed by atoms with Crippen molar-refractivity contribution in [2.75, 3.05) is 19.0 Å². The second-order valence-corrected chi connectivity index (χ2v) is 3.60. The first kappa shape index (κ1) is 9.71. The van der Waals surface area contributed by atoms with Crippen molar-refractivity contribution in [3.63, 3.8) is 0 Å². The van der Waals surface area contributed by atoms with Crippen molar-refractivity contribution in [1.29, 1.82) is 0 Å². The first-order chi connectivity index (χ1) is 7.08. The molecule has 0 aliphatic rings. The van der Waals surface area contributed by atoms with E-state index in [0.717, 1.165) is 0 Å². The Kier molecular flexibility index (Phi) is 2.19. The monoisotopic (exact) mass is 206 g/mol. The summed E-state index contributed by atoms with van der Waals surface area (Å²) in [4.78, 5) is 16.5. The third-order valence-electron chi connectivity index (χ3n) is 2.26. The minimum Gasteiger partial charge on any atom is -0.364 e. The Balaban J connectivity index is 2.79. The van der Waals surface area contributed by atoms with Crippen LogP contribution >= 0.6 is 0 Å². The van der Waals surface area contributed by atoms with E-state index in [9.17, 15) is 9.18 Å². The summed E-state index contributed by atoms with van der Waals surface area (Å²) in [6.45, 7) is 0. The normalized spacial score (nSPS) is 10.6. The molecule has 1 heterocycles. The van der Waals surface area contributed by atoms with E-state index in [0.29, 0.717) is 16.7 Å². The molecule has 0 atom stereocenters. The summed E-state index contributed by atoms with van der Waals surface area (Å²) >= 11 is 0. The molecule has 1 aromatic heterocycles. The first-order valence-electron chi connectivity index (χ1n) is 4.58. The molecular formula is C11H11FN2O. The molecule has 1 aromatic carbocycles. The van der Waals surface area contributed by atoms with Gasteiger partial charge in [-0.2, -0.15) is 0 Å². The van der Waals surface area contributed by atoms with Gasteiger partial charge in [0.15, 0.2) is 5.43 Å². The van der Waals surface area contributed by atoms with Crippen molar-refractivity contribution in [1.82, 2.24) is 4.98 Å². The predicted octanol–water partition coefficient (Wildman–Crippen LogP) is 1.73. The Hall–Kier alpha value is -1.84. The van der Waals surface area contributed by atoms with Crippen molar-refractivity contribution >= 4 is 16.7 Å². The van der Waals surface area contributed by atoms with Crippen molar-refractivity contribution in [3.8, 4) is 0 Å². The van der Waals surface area contributed by atoms with E-state index in [1.807, 2.05) is 14.1 Å². The van der Waals surface area contributed by atoms with Gasteiger partial charge in [0.05, 0.1) is 5.52 Å². The number of nitrogens with one attached hydrogen (secondary N) is 1. The highest BCUT2D eigenvalue weighted by molar-refractivity contribution is 5.80. The van der Waals surface area contributed by atoms with Crippen LogP contribution in [0.3, 0.4) is 0 Å². The Bertz CT molecular complexity index is 560. The number of hydrogen-bond acceptors (Lipinski definition) is 2. The average Bonchev–Trinajstić information content (AvgIpc) is 2.18. The molecule has 2 aromatic rings. The average molecular weight is 206 g/mol. The Labute approximate surface area is 86.1 Å². The Morgan fingerprint density at radius 3 is 2.67 bits per heavy atom. The van der Waals surface area contributed by atoms with Crippen LogP contribution in [-0.4, -0.2) is 19.1 Å². The van der Waals surface area contributed by atoms with Crippen LogP contribution in [0.1, 0.15) is 0 Å². The number of halogens is 1. The van der Waals surface area contributed by atoms with Crippen LogP contribution < -0.4 is 10.3 Å². The summed E-state index contributed by atoms with van der Waals surface area (Å²) in [5, 5.41) is 0.376. The van der Waals surface area contributed by atoms with Crippen molar-refractivity contribution in [3.05, 3.63) is 40.3 Å². The number of H-pyrrole nitrogens is 1. The van der Waals surface area contributed by atoms with Crippen molar-refractivity contribution in [2.45, 2.75) is 0 Å². The second-order valence-electron chi connectivity index (χ2n) is 3.60. The molecule has 3 nitrogen and oxygen atoms in total. The highest BCUT2D eigenvalue weighted by Gasteiger charge is 2.04. The van der Waals surface area contributed by atoms with Gasteiger partial charge in [0.25, 0.3) is 0 Å². The number of benzene rings is 1.